The Morgan fingerprint density at radius 1 is 0.862 bits per heavy atom. The van der Waals surface area contributed by atoms with Gasteiger partial charge in [0, 0.05) is 5.69 Å². The molecule has 0 radical (unpaired) electrons. The van der Waals surface area contributed by atoms with Crippen LogP contribution in [0.25, 0.3) is 0 Å². The molecule has 0 saturated carbocycles. The Kier molecular flexibility index (Phi) is 6.06. The van der Waals surface area contributed by atoms with E-state index < -0.39 is 16.0 Å². The first kappa shape index (κ1) is 20.6. The zero-order chi connectivity index (χ0) is 21.0. The van der Waals surface area contributed by atoms with E-state index in [9.17, 15) is 8.42 Å². The van der Waals surface area contributed by atoms with E-state index in [1.807, 2.05) is 0 Å². The first-order valence-electron chi connectivity index (χ1n) is 8.02. The van der Waals surface area contributed by atoms with Gasteiger partial charge in [0.15, 0.2) is 11.6 Å². The lowest BCUT2D eigenvalue weighted by molar-refractivity contribution is 0.598. The lowest BCUT2D eigenvalue weighted by atomic mass is 10.3. The fourth-order valence-corrected chi connectivity index (χ4v) is 3.62. The van der Waals surface area contributed by atoms with Crippen molar-refractivity contribution in [2.45, 2.75) is 4.90 Å². The molecule has 1 aromatic heterocycles. The average molecular weight is 452 g/mol. The molecule has 0 aliphatic carbocycles. The van der Waals surface area contributed by atoms with Gasteiger partial charge in [-0.05, 0) is 48.5 Å². The van der Waals surface area contributed by atoms with Gasteiger partial charge in [0.1, 0.15) is 0 Å². The van der Waals surface area contributed by atoms with Crippen LogP contribution in [0.5, 0.6) is 0 Å². The molecule has 2 aromatic carbocycles. The Morgan fingerprint density at radius 3 is 1.93 bits per heavy atom. The van der Waals surface area contributed by atoms with Crippen molar-refractivity contribution in [1.29, 1.82) is 0 Å². The summed E-state index contributed by atoms with van der Waals surface area (Å²) in [5.74, 6) is 0.360. The van der Waals surface area contributed by atoms with Gasteiger partial charge in [0.25, 0.3) is 10.0 Å². The minimum atomic E-state index is -3.94. The van der Waals surface area contributed by atoms with E-state index in [-0.39, 0.29) is 4.90 Å². The van der Waals surface area contributed by atoms with Crippen LogP contribution in [-0.4, -0.2) is 24.6 Å². The molecule has 29 heavy (non-hydrogen) atoms. The molecule has 3 aromatic rings. The Morgan fingerprint density at radius 2 is 1.41 bits per heavy atom. The van der Waals surface area contributed by atoms with Crippen molar-refractivity contribution in [2.75, 3.05) is 10.6 Å². The number of anilines is 4. The molecule has 12 heteroatoms. The summed E-state index contributed by atoms with van der Waals surface area (Å²) in [6, 6.07) is 14.4. The van der Waals surface area contributed by atoms with Gasteiger partial charge in [-0.25, -0.2) is 0 Å². The highest BCUT2D eigenvalue weighted by Crippen LogP contribution is 2.32. The zero-order valence-corrected chi connectivity index (χ0v) is 17.0. The number of nitrogens with zero attached hydrogens (tertiary/aromatic N) is 3. The smallest absolute Gasteiger partial charge is 0.285 e. The van der Waals surface area contributed by atoms with Crippen LogP contribution in [0.4, 0.5) is 23.0 Å². The Bertz CT molecular complexity index is 1130. The summed E-state index contributed by atoms with van der Waals surface area (Å²) in [6.45, 7) is 0. The number of sulfonamides is 1. The predicted molar refractivity (Wildman–Crippen MR) is 114 cm³/mol. The van der Waals surface area contributed by atoms with Crippen LogP contribution in [0, 0.1) is 0 Å². The van der Waals surface area contributed by atoms with Gasteiger partial charge >= 0.3 is 0 Å². The third-order valence-corrected chi connectivity index (χ3v) is 5.48. The Hall–Kier alpha value is -3.08. The molecular weight excluding hydrogens is 437 g/mol. The van der Waals surface area contributed by atoms with Crippen LogP contribution in [0.3, 0.4) is 0 Å². The predicted octanol–water partition coefficient (Wildman–Crippen LogP) is 3.23. The van der Waals surface area contributed by atoms with Crippen molar-refractivity contribution in [2.24, 2.45) is 15.9 Å². The number of guanidine groups is 1. The number of benzene rings is 2. The molecule has 0 unspecified atom stereocenters. The van der Waals surface area contributed by atoms with E-state index >= 15 is 0 Å². The fourth-order valence-electron chi connectivity index (χ4n) is 2.26. The summed E-state index contributed by atoms with van der Waals surface area (Å²) < 4.78 is 27.1. The van der Waals surface area contributed by atoms with Gasteiger partial charge < -0.3 is 22.1 Å². The molecule has 0 amide bonds. The van der Waals surface area contributed by atoms with Crippen LogP contribution >= 0.6 is 23.2 Å². The highest BCUT2D eigenvalue weighted by Gasteiger charge is 2.13. The van der Waals surface area contributed by atoms with Gasteiger partial charge in [-0.3, -0.25) is 0 Å². The van der Waals surface area contributed by atoms with Crippen molar-refractivity contribution in [3.63, 3.8) is 0 Å². The molecule has 0 aliphatic rings. The lowest BCUT2D eigenvalue weighted by Gasteiger charge is -2.10. The summed E-state index contributed by atoms with van der Waals surface area (Å²) in [7, 11) is -3.94. The minimum absolute atomic E-state index is 0.0429. The number of hydrogen-bond acceptors (Lipinski definition) is 6. The van der Waals surface area contributed by atoms with Gasteiger partial charge in [0.05, 0.1) is 20.6 Å². The third-order valence-electron chi connectivity index (χ3n) is 3.53. The Labute approximate surface area is 176 Å². The first-order chi connectivity index (χ1) is 13.7. The SMILES string of the molecule is NC(N)=NS(=O)(=O)c1ccc(Nc2ccc(Nc3c(Cl)cccc3Cl)nn2)cc1. The second-order valence-electron chi connectivity index (χ2n) is 5.67. The molecule has 150 valence electrons. The van der Waals surface area contributed by atoms with E-state index in [1.54, 1.807) is 42.5 Å². The van der Waals surface area contributed by atoms with Crippen LogP contribution in [-0.2, 0) is 10.0 Å². The van der Waals surface area contributed by atoms with E-state index in [0.29, 0.717) is 33.1 Å². The molecule has 3 rings (SSSR count). The summed E-state index contributed by atoms with van der Waals surface area (Å²) >= 11 is 12.2. The van der Waals surface area contributed by atoms with Crippen LogP contribution in [0.15, 0.2) is 63.9 Å². The Balaban J connectivity index is 1.71. The van der Waals surface area contributed by atoms with Crippen LogP contribution in [0.2, 0.25) is 10.0 Å². The average Bonchev–Trinajstić information content (AvgIpc) is 2.66. The summed E-state index contributed by atoms with van der Waals surface area (Å²) in [4.78, 5) is -0.0429. The summed E-state index contributed by atoms with van der Waals surface area (Å²) in [5, 5.41) is 15.0. The van der Waals surface area contributed by atoms with Crippen molar-refractivity contribution in [1.82, 2.24) is 10.2 Å². The number of hydrogen-bond donors (Lipinski definition) is 4. The maximum absolute atomic E-state index is 11.9. The minimum Gasteiger partial charge on any atom is -0.369 e. The summed E-state index contributed by atoms with van der Waals surface area (Å²) in [5.41, 5.74) is 11.4. The lowest BCUT2D eigenvalue weighted by Crippen LogP contribution is -2.24. The molecule has 9 nitrogen and oxygen atoms in total. The second-order valence-corrected chi connectivity index (χ2v) is 8.08. The highest BCUT2D eigenvalue weighted by molar-refractivity contribution is 7.90. The molecular formula is C17H15Cl2N7O2S. The summed E-state index contributed by atoms with van der Waals surface area (Å²) in [6.07, 6.45) is 0. The second kappa shape index (κ2) is 8.52. The van der Waals surface area contributed by atoms with E-state index in [0.717, 1.165) is 0 Å². The van der Waals surface area contributed by atoms with Gasteiger partial charge in [-0.2, -0.15) is 8.42 Å². The number of halogens is 2. The molecule has 0 aliphatic heterocycles. The van der Waals surface area contributed by atoms with Gasteiger partial charge in [0.2, 0.25) is 5.96 Å². The third kappa shape index (κ3) is 5.25. The molecule has 0 atom stereocenters. The topological polar surface area (TPSA) is 148 Å². The normalized spacial score (nSPS) is 11.0. The zero-order valence-electron chi connectivity index (χ0n) is 14.7. The van der Waals surface area contributed by atoms with Gasteiger partial charge in [-0.15, -0.1) is 14.6 Å². The number of nitrogens with two attached hydrogens (primary N) is 2. The maximum Gasteiger partial charge on any atom is 0.285 e. The number of aromatic nitrogens is 2. The van der Waals surface area contributed by atoms with Crippen molar-refractivity contribution >= 4 is 62.2 Å². The molecule has 0 saturated heterocycles. The van der Waals surface area contributed by atoms with E-state index in [2.05, 4.69) is 25.2 Å². The van der Waals surface area contributed by atoms with E-state index in [4.69, 9.17) is 34.7 Å². The van der Waals surface area contributed by atoms with Crippen molar-refractivity contribution < 1.29 is 8.42 Å². The van der Waals surface area contributed by atoms with Crippen molar-refractivity contribution in [3.8, 4) is 0 Å². The largest absolute Gasteiger partial charge is 0.369 e. The van der Waals surface area contributed by atoms with Gasteiger partial charge in [-0.1, -0.05) is 29.3 Å². The molecule has 1 heterocycles. The standard InChI is InChI=1S/C17H15Cl2N7O2S/c18-12-2-1-3-13(19)16(12)23-15-9-8-14(24-25-15)22-10-4-6-11(7-5-10)29(27,28)26-17(20)21/h1-9H,(H,22,24)(H,23,25)(H4,20,21,26). The molecule has 0 fully saturated rings. The van der Waals surface area contributed by atoms with Crippen LogP contribution < -0.4 is 22.1 Å². The van der Waals surface area contributed by atoms with Crippen LogP contribution in [0.1, 0.15) is 0 Å². The number of rotatable bonds is 6. The molecule has 0 spiro atoms. The maximum atomic E-state index is 11.9. The van der Waals surface area contributed by atoms with E-state index in [1.165, 1.54) is 12.1 Å². The highest BCUT2D eigenvalue weighted by atomic mass is 35.5. The quantitative estimate of drug-likeness (QED) is 0.329. The van der Waals surface area contributed by atoms with Crippen molar-refractivity contribution in [3.05, 3.63) is 64.6 Å². The number of para-hydroxylation sites is 1. The fraction of sp³-hybridized carbons (Fsp3) is 0. The molecule has 0 bridgehead atoms. The first-order valence-corrected chi connectivity index (χ1v) is 10.2. The number of nitrogens with one attached hydrogen (secondary N) is 2. The monoisotopic (exact) mass is 451 g/mol. The molecule has 6 N–H and O–H groups in total.